The number of amides is 2. The number of benzene rings is 1. The van der Waals surface area contributed by atoms with Crippen LogP contribution in [0.3, 0.4) is 0 Å². The number of hydrogen-bond acceptors (Lipinski definition) is 7. The third-order valence-corrected chi connectivity index (χ3v) is 10.6. The maximum absolute atomic E-state index is 13.7. The number of fused-ring (bicyclic) bond motifs is 1. The van der Waals surface area contributed by atoms with Crippen molar-refractivity contribution in [2.75, 3.05) is 0 Å². The molecule has 11 nitrogen and oxygen atoms in total. The summed E-state index contributed by atoms with van der Waals surface area (Å²) in [7, 11) is 0. The van der Waals surface area contributed by atoms with E-state index in [4.69, 9.17) is 9.47 Å². The quantitative estimate of drug-likeness (QED) is 0.298. The molecule has 1 aromatic carbocycles. The predicted octanol–water partition coefficient (Wildman–Crippen LogP) is 5.35. The van der Waals surface area contributed by atoms with Gasteiger partial charge in [0, 0.05) is 52.6 Å². The van der Waals surface area contributed by atoms with Crippen molar-refractivity contribution in [3.63, 3.8) is 0 Å². The zero-order valence-corrected chi connectivity index (χ0v) is 30.6. The van der Waals surface area contributed by atoms with Gasteiger partial charge in [0.15, 0.2) is 5.60 Å². The fourth-order valence-electron chi connectivity index (χ4n) is 8.30. The van der Waals surface area contributed by atoms with Crippen LogP contribution in [-0.2, 0) is 31.2 Å². The smallest absolute Gasteiger partial charge is 0.311 e. The van der Waals surface area contributed by atoms with Gasteiger partial charge in [0.05, 0.1) is 6.42 Å². The molecule has 4 rings (SSSR count). The zero-order chi connectivity index (χ0) is 35.5. The van der Waals surface area contributed by atoms with Crippen LogP contribution in [0.1, 0.15) is 130 Å². The summed E-state index contributed by atoms with van der Waals surface area (Å²) in [5.74, 6) is 0.145. The number of carbonyl (C=O) groups is 3. The van der Waals surface area contributed by atoms with E-state index in [0.29, 0.717) is 50.0 Å². The molecule has 2 fully saturated rings. The number of esters is 1. The normalized spacial score (nSPS) is 25.7. The first kappa shape index (κ1) is 37.1. The Bertz CT molecular complexity index is 1380. The van der Waals surface area contributed by atoms with E-state index >= 15 is 0 Å². The van der Waals surface area contributed by atoms with Crippen molar-refractivity contribution >= 4 is 17.8 Å². The van der Waals surface area contributed by atoms with Gasteiger partial charge in [0.25, 0.3) is 5.91 Å². The zero-order valence-electron chi connectivity index (χ0n) is 30.6. The van der Waals surface area contributed by atoms with Gasteiger partial charge >= 0.3 is 5.97 Å². The van der Waals surface area contributed by atoms with Crippen LogP contribution in [0.25, 0.3) is 0 Å². The average molecular weight is 657 g/mol. The minimum atomic E-state index is -1.10. The van der Waals surface area contributed by atoms with Crippen LogP contribution in [0.4, 0.5) is 0 Å². The summed E-state index contributed by atoms with van der Waals surface area (Å²) < 4.78 is 12.3. The van der Waals surface area contributed by atoms with Crippen LogP contribution >= 0.6 is 0 Å². The first-order valence-corrected chi connectivity index (χ1v) is 17.0. The largest absolute Gasteiger partial charge is 0.477 e. The fourth-order valence-corrected chi connectivity index (χ4v) is 8.30. The lowest BCUT2D eigenvalue weighted by atomic mass is 9.78. The van der Waals surface area contributed by atoms with Gasteiger partial charge in [-0.2, -0.15) is 0 Å². The van der Waals surface area contributed by atoms with Gasteiger partial charge in [-0.1, -0.05) is 0 Å². The molecule has 0 bridgehead atoms. The number of nitrogens with one attached hydrogen (secondary N) is 2. The van der Waals surface area contributed by atoms with E-state index in [0.717, 1.165) is 32.4 Å². The molecule has 2 N–H and O–H groups in total. The predicted molar refractivity (Wildman–Crippen MR) is 177 cm³/mol. The summed E-state index contributed by atoms with van der Waals surface area (Å²) in [5, 5.41) is 33.9. The number of nitrogens with zero attached hydrogens (tertiary/aromatic N) is 2. The van der Waals surface area contributed by atoms with Crippen molar-refractivity contribution < 1.29 is 34.3 Å². The van der Waals surface area contributed by atoms with Gasteiger partial charge in [0.2, 0.25) is 5.91 Å². The second-order valence-electron chi connectivity index (χ2n) is 16.9. The highest BCUT2D eigenvalue weighted by molar-refractivity contribution is 5.86. The maximum atomic E-state index is 13.7. The summed E-state index contributed by atoms with van der Waals surface area (Å²) in [6, 6.07) is -0.309. The van der Waals surface area contributed by atoms with Crippen molar-refractivity contribution in [2.45, 2.75) is 174 Å². The van der Waals surface area contributed by atoms with Crippen LogP contribution in [0.15, 0.2) is 0 Å². The molecule has 11 heteroatoms. The molecule has 1 atom stereocenters. The standard InChI is InChI=1S/C36H56N4O7/c1-21-22(2)30-26(15-16-36(12,47-30)31(43)38-25-19-34(8,9)40(45)35(10,11)20-25)23(3)29(21)46-28(42)14-13-27(41)37-24-17-32(4,5)39(44)33(6,7)18-24/h24-25H,13-20H2,1-12H3,(H,37,41)(H,38,43). The van der Waals surface area contributed by atoms with Crippen molar-refractivity contribution in [1.29, 1.82) is 0 Å². The van der Waals surface area contributed by atoms with Crippen LogP contribution in [0, 0.1) is 20.8 Å². The molecular formula is C36H56N4O7. The van der Waals surface area contributed by atoms with E-state index in [-0.39, 0.29) is 36.7 Å². The molecule has 0 aromatic heterocycles. The maximum Gasteiger partial charge on any atom is 0.311 e. The SMILES string of the molecule is Cc1c(C)c2c(c(C)c1OC(=O)CCC(=O)NC1CC(C)(C)N([O])C(C)(C)C1)CCC(C)(C(=O)NC1CC(C)(C)N([O])C(C)(C)C1)O2. The molecule has 0 spiro atoms. The monoisotopic (exact) mass is 656 g/mol. The lowest BCUT2D eigenvalue weighted by Gasteiger charge is -2.50. The van der Waals surface area contributed by atoms with Crippen molar-refractivity contribution in [3.8, 4) is 11.5 Å². The molecule has 0 aliphatic carbocycles. The summed E-state index contributed by atoms with van der Waals surface area (Å²) in [6.07, 6.45) is 3.05. The fraction of sp³-hybridized carbons (Fsp3) is 0.750. The Hall–Kier alpha value is -2.73. The second kappa shape index (κ2) is 12.6. The van der Waals surface area contributed by atoms with Crippen LogP contribution in [0.5, 0.6) is 11.5 Å². The van der Waals surface area contributed by atoms with Gasteiger partial charge in [0.1, 0.15) is 11.5 Å². The molecule has 47 heavy (non-hydrogen) atoms. The molecule has 1 aromatic rings. The first-order valence-electron chi connectivity index (χ1n) is 17.0. The Kier molecular flexibility index (Phi) is 9.96. The molecule has 262 valence electrons. The Morgan fingerprint density at radius 3 is 1.68 bits per heavy atom. The van der Waals surface area contributed by atoms with E-state index in [1.807, 2.05) is 76.2 Å². The van der Waals surface area contributed by atoms with Crippen LogP contribution in [0.2, 0.25) is 0 Å². The van der Waals surface area contributed by atoms with Crippen LogP contribution < -0.4 is 20.1 Å². The third-order valence-electron chi connectivity index (χ3n) is 10.6. The van der Waals surface area contributed by atoms with E-state index in [1.54, 1.807) is 6.92 Å². The van der Waals surface area contributed by atoms with E-state index < -0.39 is 33.7 Å². The molecule has 2 saturated heterocycles. The average Bonchev–Trinajstić information content (AvgIpc) is 2.94. The van der Waals surface area contributed by atoms with E-state index in [1.165, 1.54) is 0 Å². The summed E-state index contributed by atoms with van der Waals surface area (Å²) in [6.45, 7) is 22.6. The number of rotatable bonds is 7. The Morgan fingerprint density at radius 1 is 0.723 bits per heavy atom. The third kappa shape index (κ3) is 7.48. The number of carbonyl (C=O) groups excluding carboxylic acids is 3. The van der Waals surface area contributed by atoms with Crippen LogP contribution in [-0.4, -0.2) is 67.8 Å². The first-order chi connectivity index (χ1) is 21.4. The number of piperidine rings is 2. The molecule has 1 unspecified atom stereocenters. The highest BCUT2D eigenvalue weighted by Gasteiger charge is 2.49. The lowest BCUT2D eigenvalue weighted by molar-refractivity contribution is -0.290. The number of hydroxylamine groups is 4. The van der Waals surface area contributed by atoms with Gasteiger partial charge in [-0.25, -0.2) is 0 Å². The molecule has 3 aliphatic heterocycles. The van der Waals surface area contributed by atoms with Gasteiger partial charge < -0.3 is 20.1 Å². The highest BCUT2D eigenvalue weighted by atomic mass is 16.5. The van der Waals surface area contributed by atoms with Crippen molar-refractivity contribution in [2.24, 2.45) is 0 Å². The Labute approximate surface area is 280 Å². The van der Waals surface area contributed by atoms with Gasteiger partial charge in [-0.3, -0.25) is 14.4 Å². The van der Waals surface area contributed by atoms with E-state index in [2.05, 4.69) is 10.6 Å². The Morgan fingerprint density at radius 2 is 1.19 bits per heavy atom. The minimum Gasteiger partial charge on any atom is -0.477 e. The lowest BCUT2D eigenvalue weighted by Crippen LogP contribution is -2.64. The summed E-state index contributed by atoms with van der Waals surface area (Å²) in [5.41, 5.74) is -0.299. The number of ether oxygens (including phenoxy) is 2. The van der Waals surface area contributed by atoms with Gasteiger partial charge in [-0.15, -0.1) is 20.5 Å². The second-order valence-corrected chi connectivity index (χ2v) is 16.9. The number of hydrogen-bond donors (Lipinski definition) is 2. The van der Waals surface area contributed by atoms with E-state index in [9.17, 15) is 24.8 Å². The highest BCUT2D eigenvalue weighted by Crippen LogP contribution is 2.45. The molecule has 2 amide bonds. The summed E-state index contributed by atoms with van der Waals surface area (Å²) in [4.78, 5) is 39.5. The molecule has 3 heterocycles. The molecule has 2 radical (unpaired) electrons. The topological polar surface area (TPSA) is 140 Å². The molecule has 3 aliphatic rings. The Balaban J connectivity index is 1.39. The van der Waals surface area contributed by atoms with Crippen molar-refractivity contribution in [3.05, 3.63) is 22.3 Å². The molecular weight excluding hydrogens is 600 g/mol. The van der Waals surface area contributed by atoms with Crippen molar-refractivity contribution in [1.82, 2.24) is 20.8 Å². The molecule has 0 saturated carbocycles. The van der Waals surface area contributed by atoms with Gasteiger partial charge in [-0.05, 0) is 132 Å². The summed E-state index contributed by atoms with van der Waals surface area (Å²) >= 11 is 0. The minimum absolute atomic E-state index is 0.0158.